The first kappa shape index (κ1) is 18.8. The average Bonchev–Trinajstić information content (AvgIpc) is 2.61. The highest BCUT2D eigenvalue weighted by Crippen LogP contribution is 2.19. The number of hydroxylamine groups is 1. The Labute approximate surface area is 146 Å². The standard InChI is InChI=1S/C17H18N2O5S/c1-12(20)15-9-4-5-10-16(15)18-17(21)13-7-6-8-14(11-13)25(22,23)19(2)24-3/h4-11H,1-3H3,(H,18,21). The Morgan fingerprint density at radius 2 is 1.76 bits per heavy atom. The molecule has 0 atom stereocenters. The Kier molecular flexibility index (Phi) is 5.68. The molecule has 0 bridgehead atoms. The van der Waals surface area contributed by atoms with Crippen LogP contribution in [0.5, 0.6) is 0 Å². The predicted molar refractivity (Wildman–Crippen MR) is 92.8 cm³/mol. The van der Waals surface area contributed by atoms with Crippen LogP contribution in [-0.4, -0.2) is 38.7 Å². The zero-order valence-corrected chi connectivity index (χ0v) is 14.8. The molecule has 0 unspecified atom stereocenters. The second-order valence-corrected chi connectivity index (χ2v) is 7.12. The van der Waals surface area contributed by atoms with Crippen LogP contribution in [0.1, 0.15) is 27.6 Å². The Morgan fingerprint density at radius 3 is 2.40 bits per heavy atom. The molecule has 0 fully saturated rings. The van der Waals surface area contributed by atoms with Gasteiger partial charge in [0, 0.05) is 18.2 Å². The lowest BCUT2D eigenvalue weighted by Crippen LogP contribution is -2.26. The van der Waals surface area contributed by atoms with Crippen molar-refractivity contribution < 1.29 is 22.8 Å². The van der Waals surface area contributed by atoms with E-state index in [0.717, 1.165) is 0 Å². The molecule has 0 aromatic heterocycles. The summed E-state index contributed by atoms with van der Waals surface area (Å²) in [6.45, 7) is 1.40. The Balaban J connectivity index is 2.33. The number of nitrogens with one attached hydrogen (secondary N) is 1. The van der Waals surface area contributed by atoms with Crippen LogP contribution in [0.15, 0.2) is 53.4 Å². The number of ketones is 1. The lowest BCUT2D eigenvalue weighted by molar-refractivity contribution is -0.0258. The summed E-state index contributed by atoms with van der Waals surface area (Å²) in [5.74, 6) is -0.709. The maximum absolute atomic E-state index is 12.4. The third-order valence-electron chi connectivity index (χ3n) is 3.54. The zero-order chi connectivity index (χ0) is 18.6. The fourth-order valence-corrected chi connectivity index (χ4v) is 3.16. The van der Waals surface area contributed by atoms with Crippen LogP contribution in [0.3, 0.4) is 0 Å². The smallest absolute Gasteiger partial charge is 0.264 e. The number of carbonyl (C=O) groups excluding carboxylic acids is 2. The molecule has 0 aliphatic heterocycles. The summed E-state index contributed by atoms with van der Waals surface area (Å²) in [6.07, 6.45) is 0. The first-order chi connectivity index (χ1) is 11.8. The number of sulfonamides is 1. The van der Waals surface area contributed by atoms with Gasteiger partial charge in [0.1, 0.15) is 0 Å². The van der Waals surface area contributed by atoms with Gasteiger partial charge in [-0.3, -0.25) is 14.4 Å². The molecule has 0 heterocycles. The number of para-hydroxylation sites is 1. The topological polar surface area (TPSA) is 92.8 Å². The Hall–Kier alpha value is -2.55. The summed E-state index contributed by atoms with van der Waals surface area (Å²) in [5, 5.41) is 2.63. The third kappa shape index (κ3) is 4.11. The highest BCUT2D eigenvalue weighted by Gasteiger charge is 2.22. The van der Waals surface area contributed by atoms with Crippen molar-refractivity contribution in [1.82, 2.24) is 4.47 Å². The summed E-state index contributed by atoms with van der Waals surface area (Å²) in [4.78, 5) is 28.7. The molecule has 25 heavy (non-hydrogen) atoms. The number of anilines is 1. The van der Waals surface area contributed by atoms with Crippen LogP contribution < -0.4 is 5.32 Å². The van der Waals surface area contributed by atoms with Gasteiger partial charge in [0.25, 0.3) is 15.9 Å². The van der Waals surface area contributed by atoms with Crippen LogP contribution in [0, 0.1) is 0 Å². The van der Waals surface area contributed by atoms with Gasteiger partial charge in [0.05, 0.1) is 17.7 Å². The lowest BCUT2D eigenvalue weighted by Gasteiger charge is -2.15. The molecule has 2 aromatic carbocycles. The molecule has 0 aliphatic carbocycles. The quantitative estimate of drug-likeness (QED) is 0.629. The first-order valence-electron chi connectivity index (χ1n) is 7.32. The molecule has 0 saturated carbocycles. The van der Waals surface area contributed by atoms with Gasteiger partial charge >= 0.3 is 0 Å². The number of amides is 1. The molecular formula is C17H18N2O5S. The molecule has 0 aliphatic rings. The van der Waals surface area contributed by atoms with E-state index < -0.39 is 15.9 Å². The van der Waals surface area contributed by atoms with Crippen molar-refractivity contribution in [3.8, 4) is 0 Å². The molecule has 8 heteroatoms. The van der Waals surface area contributed by atoms with Crippen molar-refractivity contribution >= 4 is 27.4 Å². The number of nitrogens with zero attached hydrogens (tertiary/aromatic N) is 1. The second kappa shape index (κ2) is 7.56. The van der Waals surface area contributed by atoms with E-state index in [0.29, 0.717) is 15.7 Å². The Bertz CT molecular complexity index is 909. The van der Waals surface area contributed by atoms with Gasteiger partial charge in [0.15, 0.2) is 5.78 Å². The van der Waals surface area contributed by atoms with Gasteiger partial charge in [-0.15, -0.1) is 0 Å². The summed E-state index contributed by atoms with van der Waals surface area (Å²) in [5.41, 5.74) is 0.880. The zero-order valence-electron chi connectivity index (χ0n) is 14.0. The van der Waals surface area contributed by atoms with Crippen LogP contribution >= 0.6 is 0 Å². The van der Waals surface area contributed by atoms with Crippen LogP contribution in [-0.2, 0) is 14.9 Å². The van der Waals surface area contributed by atoms with Crippen molar-refractivity contribution in [3.63, 3.8) is 0 Å². The second-order valence-electron chi connectivity index (χ2n) is 5.18. The van der Waals surface area contributed by atoms with E-state index in [-0.39, 0.29) is 16.2 Å². The van der Waals surface area contributed by atoms with E-state index in [1.807, 2.05) is 0 Å². The van der Waals surface area contributed by atoms with E-state index in [1.54, 1.807) is 24.3 Å². The first-order valence-corrected chi connectivity index (χ1v) is 8.76. The van der Waals surface area contributed by atoms with Gasteiger partial charge in [-0.25, -0.2) is 8.42 Å². The predicted octanol–water partition coefficient (Wildman–Crippen LogP) is 2.32. The molecule has 1 N–H and O–H groups in total. The minimum absolute atomic E-state index is 0.0793. The van der Waals surface area contributed by atoms with Crippen molar-refractivity contribution in [3.05, 3.63) is 59.7 Å². The number of hydrogen-bond donors (Lipinski definition) is 1. The van der Waals surface area contributed by atoms with Gasteiger partial charge in [-0.2, -0.15) is 0 Å². The van der Waals surface area contributed by atoms with Gasteiger partial charge in [-0.1, -0.05) is 22.7 Å². The normalized spacial score (nSPS) is 11.4. The molecule has 0 spiro atoms. The van der Waals surface area contributed by atoms with Crippen molar-refractivity contribution in [2.45, 2.75) is 11.8 Å². The van der Waals surface area contributed by atoms with Gasteiger partial charge in [-0.05, 0) is 37.3 Å². The van der Waals surface area contributed by atoms with Crippen molar-refractivity contribution in [1.29, 1.82) is 0 Å². The minimum atomic E-state index is -3.86. The van der Waals surface area contributed by atoms with E-state index in [9.17, 15) is 18.0 Å². The maximum atomic E-state index is 12.4. The SMILES string of the molecule is CON(C)S(=O)(=O)c1cccc(C(=O)Nc2ccccc2C(C)=O)c1. The monoisotopic (exact) mass is 362 g/mol. The Morgan fingerprint density at radius 1 is 1.08 bits per heavy atom. The molecule has 7 nitrogen and oxygen atoms in total. The lowest BCUT2D eigenvalue weighted by atomic mass is 10.1. The highest BCUT2D eigenvalue weighted by atomic mass is 32.2. The molecule has 2 aromatic rings. The number of rotatable bonds is 6. The average molecular weight is 362 g/mol. The van der Waals surface area contributed by atoms with E-state index in [4.69, 9.17) is 4.84 Å². The highest BCUT2D eigenvalue weighted by molar-refractivity contribution is 7.89. The largest absolute Gasteiger partial charge is 0.321 e. The number of benzene rings is 2. The molecular weight excluding hydrogens is 344 g/mol. The molecule has 0 radical (unpaired) electrons. The van der Waals surface area contributed by atoms with Crippen LogP contribution in [0.2, 0.25) is 0 Å². The minimum Gasteiger partial charge on any atom is -0.321 e. The van der Waals surface area contributed by atoms with Crippen molar-refractivity contribution in [2.24, 2.45) is 0 Å². The van der Waals surface area contributed by atoms with E-state index in [1.165, 1.54) is 45.3 Å². The molecule has 132 valence electrons. The molecule has 2 rings (SSSR count). The summed E-state index contributed by atoms with van der Waals surface area (Å²) in [6, 6.07) is 12.2. The fourth-order valence-electron chi connectivity index (χ4n) is 2.14. The maximum Gasteiger partial charge on any atom is 0.264 e. The fraction of sp³-hybridized carbons (Fsp3) is 0.176. The van der Waals surface area contributed by atoms with E-state index in [2.05, 4.69) is 5.32 Å². The van der Waals surface area contributed by atoms with Gasteiger partial charge < -0.3 is 5.32 Å². The third-order valence-corrected chi connectivity index (χ3v) is 5.22. The summed E-state index contributed by atoms with van der Waals surface area (Å²) >= 11 is 0. The van der Waals surface area contributed by atoms with Crippen LogP contribution in [0.4, 0.5) is 5.69 Å². The number of Topliss-reactive ketones (excluding diaryl/α,β-unsaturated/α-hetero) is 1. The summed E-state index contributed by atoms with van der Waals surface area (Å²) in [7, 11) is -1.38. The van der Waals surface area contributed by atoms with Gasteiger partial charge in [0.2, 0.25) is 0 Å². The van der Waals surface area contributed by atoms with Crippen LogP contribution in [0.25, 0.3) is 0 Å². The van der Waals surface area contributed by atoms with Crippen molar-refractivity contribution in [2.75, 3.05) is 19.5 Å². The molecule has 0 saturated heterocycles. The van der Waals surface area contributed by atoms with E-state index >= 15 is 0 Å². The molecule has 1 amide bonds. The number of carbonyl (C=O) groups is 2. The number of hydrogen-bond acceptors (Lipinski definition) is 5. The summed E-state index contributed by atoms with van der Waals surface area (Å²) < 4.78 is 25.2.